The molecule has 0 atom stereocenters. The van der Waals surface area contributed by atoms with E-state index in [-0.39, 0.29) is 29.6 Å². The van der Waals surface area contributed by atoms with Crippen LogP contribution in [0.3, 0.4) is 0 Å². The van der Waals surface area contributed by atoms with Crippen molar-refractivity contribution in [2.75, 3.05) is 19.7 Å². The van der Waals surface area contributed by atoms with Crippen LogP contribution in [-0.4, -0.2) is 36.3 Å². The minimum absolute atomic E-state index is 0.122. The summed E-state index contributed by atoms with van der Waals surface area (Å²) in [6, 6.07) is 3.72. The number of halogens is 1. The van der Waals surface area contributed by atoms with Crippen molar-refractivity contribution in [1.82, 2.24) is 4.90 Å². The maximum Gasteiger partial charge on any atom is 0.260 e. The number of ether oxygens (including phenoxy) is 1. The first-order valence-electron chi connectivity index (χ1n) is 6.79. The Morgan fingerprint density at radius 2 is 1.95 bits per heavy atom. The summed E-state index contributed by atoms with van der Waals surface area (Å²) < 4.78 is 18.5. The van der Waals surface area contributed by atoms with Crippen LogP contribution in [0.15, 0.2) is 18.2 Å². The van der Waals surface area contributed by atoms with E-state index in [0.29, 0.717) is 0 Å². The molecule has 0 spiro atoms. The number of amides is 1. The van der Waals surface area contributed by atoms with Gasteiger partial charge in [-0.2, -0.15) is 0 Å². The van der Waals surface area contributed by atoms with Crippen molar-refractivity contribution < 1.29 is 18.7 Å². The van der Waals surface area contributed by atoms with E-state index in [0.717, 1.165) is 38.4 Å². The van der Waals surface area contributed by atoms with Gasteiger partial charge < -0.3 is 9.64 Å². The first-order valence-corrected chi connectivity index (χ1v) is 6.79. The van der Waals surface area contributed by atoms with Gasteiger partial charge in [0.15, 0.2) is 12.4 Å². The van der Waals surface area contributed by atoms with Crippen molar-refractivity contribution in [1.29, 1.82) is 0 Å². The minimum Gasteiger partial charge on any atom is -0.483 e. The molecule has 0 aliphatic carbocycles. The van der Waals surface area contributed by atoms with Gasteiger partial charge in [0.1, 0.15) is 11.6 Å². The molecule has 0 bridgehead atoms. The van der Waals surface area contributed by atoms with Crippen molar-refractivity contribution in [3.05, 3.63) is 29.6 Å². The molecule has 1 fully saturated rings. The number of hydrogen-bond donors (Lipinski definition) is 0. The highest BCUT2D eigenvalue weighted by Crippen LogP contribution is 2.21. The van der Waals surface area contributed by atoms with Crippen LogP contribution in [0.5, 0.6) is 5.75 Å². The van der Waals surface area contributed by atoms with Crippen LogP contribution in [0.1, 0.15) is 36.5 Å². The number of benzene rings is 1. The fourth-order valence-electron chi connectivity index (χ4n) is 2.28. The second-order valence-electron chi connectivity index (χ2n) is 4.93. The summed E-state index contributed by atoms with van der Waals surface area (Å²) in [6.45, 7) is 2.70. The average molecular weight is 279 g/mol. The van der Waals surface area contributed by atoms with Gasteiger partial charge in [-0.05, 0) is 38.3 Å². The molecule has 0 unspecified atom stereocenters. The van der Waals surface area contributed by atoms with Crippen LogP contribution in [0.25, 0.3) is 0 Å². The molecule has 1 aromatic carbocycles. The molecule has 0 N–H and O–H groups in total. The Labute approximate surface area is 117 Å². The van der Waals surface area contributed by atoms with Crippen molar-refractivity contribution in [2.45, 2.75) is 26.2 Å². The average Bonchev–Trinajstić information content (AvgIpc) is 2.45. The largest absolute Gasteiger partial charge is 0.483 e. The smallest absolute Gasteiger partial charge is 0.260 e. The van der Waals surface area contributed by atoms with Crippen molar-refractivity contribution in [3.8, 4) is 5.75 Å². The highest BCUT2D eigenvalue weighted by molar-refractivity contribution is 5.96. The number of carbonyl (C=O) groups is 2. The number of piperidine rings is 1. The van der Waals surface area contributed by atoms with Crippen LogP contribution >= 0.6 is 0 Å². The van der Waals surface area contributed by atoms with Crippen LogP contribution < -0.4 is 4.74 Å². The van der Waals surface area contributed by atoms with Crippen molar-refractivity contribution >= 4 is 11.7 Å². The van der Waals surface area contributed by atoms with Gasteiger partial charge in [-0.3, -0.25) is 9.59 Å². The summed E-state index contributed by atoms with van der Waals surface area (Å²) in [5.41, 5.74) is 0.290. The van der Waals surface area contributed by atoms with E-state index in [9.17, 15) is 14.0 Å². The fraction of sp³-hybridized carbons (Fsp3) is 0.467. The van der Waals surface area contributed by atoms with Gasteiger partial charge in [-0.15, -0.1) is 0 Å². The lowest BCUT2D eigenvalue weighted by Crippen LogP contribution is -2.38. The number of nitrogens with zero attached hydrogens (tertiary/aromatic N) is 1. The Kier molecular flexibility index (Phi) is 4.71. The Morgan fingerprint density at radius 3 is 2.60 bits per heavy atom. The second-order valence-corrected chi connectivity index (χ2v) is 4.93. The van der Waals surface area contributed by atoms with Crippen molar-refractivity contribution in [3.63, 3.8) is 0 Å². The summed E-state index contributed by atoms with van der Waals surface area (Å²) in [5, 5.41) is 0. The van der Waals surface area contributed by atoms with Gasteiger partial charge in [0, 0.05) is 19.2 Å². The van der Waals surface area contributed by atoms with Gasteiger partial charge in [0.05, 0.1) is 5.56 Å². The number of rotatable bonds is 4. The quantitative estimate of drug-likeness (QED) is 0.795. The molecule has 4 nitrogen and oxygen atoms in total. The molecule has 108 valence electrons. The van der Waals surface area contributed by atoms with Gasteiger partial charge in [0.25, 0.3) is 5.91 Å². The van der Waals surface area contributed by atoms with Crippen molar-refractivity contribution in [2.24, 2.45) is 0 Å². The van der Waals surface area contributed by atoms with E-state index in [4.69, 9.17) is 4.74 Å². The summed E-state index contributed by atoms with van der Waals surface area (Å²) in [4.78, 5) is 25.1. The van der Waals surface area contributed by atoms with Gasteiger partial charge in [0.2, 0.25) is 0 Å². The lowest BCUT2D eigenvalue weighted by atomic mass is 10.1. The molecule has 0 saturated carbocycles. The Hall–Kier alpha value is -1.91. The summed E-state index contributed by atoms with van der Waals surface area (Å²) in [6.07, 6.45) is 3.15. The van der Waals surface area contributed by atoms with Gasteiger partial charge in [-0.25, -0.2) is 4.39 Å². The zero-order chi connectivity index (χ0) is 14.5. The van der Waals surface area contributed by atoms with Crippen LogP contribution in [-0.2, 0) is 4.79 Å². The highest BCUT2D eigenvalue weighted by Gasteiger charge is 2.18. The standard InChI is InChI=1S/C15H18FNO3/c1-11(18)13-6-5-12(16)9-14(13)20-10-15(19)17-7-3-2-4-8-17/h5-6,9H,2-4,7-8,10H2,1H3. The molecule has 2 rings (SSSR count). The Balaban J connectivity index is 2.01. The summed E-state index contributed by atoms with van der Waals surface area (Å²) >= 11 is 0. The van der Waals surface area contributed by atoms with Gasteiger partial charge >= 0.3 is 0 Å². The number of ketones is 1. The van der Waals surface area contributed by atoms with E-state index in [1.807, 2.05) is 0 Å². The molecule has 20 heavy (non-hydrogen) atoms. The molecule has 1 aromatic rings. The predicted molar refractivity (Wildman–Crippen MR) is 72.3 cm³/mol. The third-order valence-electron chi connectivity index (χ3n) is 3.38. The van der Waals surface area contributed by atoms with Gasteiger partial charge in [-0.1, -0.05) is 0 Å². The van der Waals surface area contributed by atoms with Crippen LogP contribution in [0, 0.1) is 5.82 Å². The zero-order valence-electron chi connectivity index (χ0n) is 11.5. The molecular weight excluding hydrogens is 261 g/mol. The molecule has 1 aliphatic rings. The van der Waals surface area contributed by atoms with E-state index in [1.165, 1.54) is 19.1 Å². The number of hydrogen-bond acceptors (Lipinski definition) is 3. The third kappa shape index (κ3) is 3.56. The monoisotopic (exact) mass is 279 g/mol. The zero-order valence-corrected chi connectivity index (χ0v) is 11.5. The van der Waals surface area contributed by atoms with E-state index >= 15 is 0 Å². The van der Waals surface area contributed by atoms with E-state index < -0.39 is 5.82 Å². The molecule has 1 aliphatic heterocycles. The number of carbonyl (C=O) groups excluding carboxylic acids is 2. The van der Waals surface area contributed by atoms with E-state index in [2.05, 4.69) is 0 Å². The Morgan fingerprint density at radius 1 is 1.25 bits per heavy atom. The van der Waals surface area contributed by atoms with Crippen LogP contribution in [0.2, 0.25) is 0 Å². The van der Waals surface area contributed by atoms with Crippen LogP contribution in [0.4, 0.5) is 4.39 Å². The first kappa shape index (κ1) is 14.5. The molecular formula is C15H18FNO3. The topological polar surface area (TPSA) is 46.6 Å². The normalized spacial score (nSPS) is 15.0. The predicted octanol–water partition coefficient (Wildman–Crippen LogP) is 2.42. The van der Waals surface area contributed by atoms with E-state index in [1.54, 1.807) is 4.90 Å². The SMILES string of the molecule is CC(=O)c1ccc(F)cc1OCC(=O)N1CCCCC1. The molecule has 0 radical (unpaired) electrons. The Bertz CT molecular complexity index is 510. The lowest BCUT2D eigenvalue weighted by Gasteiger charge is -2.26. The number of likely N-dealkylation sites (tertiary alicyclic amines) is 1. The summed E-state index contributed by atoms with van der Waals surface area (Å²) in [7, 11) is 0. The number of Topliss-reactive ketones (excluding diaryl/α,β-unsaturated/α-hetero) is 1. The molecule has 0 aromatic heterocycles. The first-order chi connectivity index (χ1) is 9.58. The molecule has 1 heterocycles. The highest BCUT2D eigenvalue weighted by atomic mass is 19.1. The fourth-order valence-corrected chi connectivity index (χ4v) is 2.28. The summed E-state index contributed by atoms with van der Waals surface area (Å²) in [5.74, 6) is -0.702. The minimum atomic E-state index is -0.490. The third-order valence-corrected chi connectivity index (χ3v) is 3.38. The second kappa shape index (κ2) is 6.50. The molecule has 1 amide bonds. The maximum absolute atomic E-state index is 13.2. The lowest BCUT2D eigenvalue weighted by molar-refractivity contribution is -0.134. The molecule has 5 heteroatoms. The molecule has 1 saturated heterocycles. The maximum atomic E-state index is 13.2.